The Morgan fingerprint density at radius 2 is 2.06 bits per heavy atom. The third-order valence-corrected chi connectivity index (χ3v) is 3.74. The fourth-order valence-corrected chi connectivity index (χ4v) is 2.96. The van der Waals surface area contributed by atoms with Crippen molar-refractivity contribution in [2.45, 2.75) is 0 Å². The smallest absolute Gasteiger partial charge is 0.176 e. The van der Waals surface area contributed by atoms with Crippen molar-refractivity contribution < 1.29 is 13.5 Å². The van der Waals surface area contributed by atoms with Crippen molar-refractivity contribution in [2.75, 3.05) is 19.3 Å². The highest BCUT2D eigenvalue weighted by Gasteiger charge is 2.23. The number of benzene rings is 1. The van der Waals surface area contributed by atoms with Crippen LogP contribution in [0.1, 0.15) is 5.56 Å². The van der Waals surface area contributed by atoms with Crippen molar-refractivity contribution in [1.82, 2.24) is 5.32 Å². The first-order chi connectivity index (χ1) is 7.48. The van der Waals surface area contributed by atoms with Gasteiger partial charge in [0, 0.05) is 19.3 Å². The van der Waals surface area contributed by atoms with Gasteiger partial charge in [0.2, 0.25) is 0 Å². The third kappa shape index (κ3) is 2.10. The summed E-state index contributed by atoms with van der Waals surface area (Å²) in [6.07, 6.45) is 1.19. The lowest BCUT2D eigenvalue weighted by Gasteiger charge is -2.23. The summed E-state index contributed by atoms with van der Waals surface area (Å²) in [5, 5.41) is 12.4. The highest BCUT2D eigenvalue weighted by Crippen LogP contribution is 2.28. The van der Waals surface area contributed by atoms with Crippen LogP contribution >= 0.6 is 0 Å². The molecule has 2 rings (SSSR count). The van der Waals surface area contributed by atoms with Gasteiger partial charge in [-0.1, -0.05) is 12.1 Å². The van der Waals surface area contributed by atoms with Gasteiger partial charge in [0.15, 0.2) is 9.84 Å². The molecule has 1 saturated heterocycles. The van der Waals surface area contributed by atoms with Crippen LogP contribution < -0.4 is 5.32 Å². The zero-order valence-electron chi connectivity index (χ0n) is 8.90. The number of rotatable bonds is 2. The fourth-order valence-electron chi connectivity index (χ4n) is 1.74. The monoisotopic (exact) mass is 239 g/mol. The van der Waals surface area contributed by atoms with Gasteiger partial charge >= 0.3 is 0 Å². The molecule has 0 amide bonds. The predicted octanol–water partition coefficient (Wildman–Crippen LogP) is 0.751. The summed E-state index contributed by atoms with van der Waals surface area (Å²) < 4.78 is 23.4. The van der Waals surface area contributed by atoms with E-state index in [2.05, 4.69) is 5.32 Å². The molecule has 1 aromatic carbocycles. The Balaban J connectivity index is 2.58. The molecule has 0 bridgehead atoms. The van der Waals surface area contributed by atoms with E-state index in [0.29, 0.717) is 23.6 Å². The number of nitrogens with one attached hydrogen (secondary N) is 1. The van der Waals surface area contributed by atoms with Gasteiger partial charge in [-0.05, 0) is 23.3 Å². The molecule has 16 heavy (non-hydrogen) atoms. The Morgan fingerprint density at radius 3 is 2.50 bits per heavy atom. The topological polar surface area (TPSA) is 66.4 Å². The van der Waals surface area contributed by atoms with Gasteiger partial charge in [-0.15, -0.1) is 0 Å². The summed E-state index contributed by atoms with van der Waals surface area (Å²) in [4.78, 5) is 0.335. The van der Waals surface area contributed by atoms with E-state index in [-0.39, 0.29) is 5.75 Å². The zero-order valence-corrected chi connectivity index (χ0v) is 9.71. The molecule has 1 aromatic rings. The van der Waals surface area contributed by atoms with E-state index in [4.69, 9.17) is 0 Å². The lowest BCUT2D eigenvalue weighted by atomic mass is 10.1. The van der Waals surface area contributed by atoms with Crippen LogP contribution in [-0.2, 0) is 9.84 Å². The first-order valence-corrected chi connectivity index (χ1v) is 6.80. The largest absolute Gasteiger partial charge is 0.508 e. The molecule has 0 aliphatic carbocycles. The average Bonchev–Trinajstić information content (AvgIpc) is 2.08. The normalized spacial score (nSPS) is 15.7. The molecule has 1 aliphatic rings. The number of hydrogen-bond acceptors (Lipinski definition) is 4. The highest BCUT2D eigenvalue weighted by molar-refractivity contribution is 8.00. The van der Waals surface area contributed by atoms with E-state index < -0.39 is 9.84 Å². The third-order valence-electron chi connectivity index (χ3n) is 2.48. The molecule has 4 nitrogen and oxygen atoms in total. The lowest BCUT2D eigenvalue weighted by molar-refractivity contribution is 0.475. The minimum atomic E-state index is -3.27. The van der Waals surface area contributed by atoms with Crippen molar-refractivity contribution >= 4 is 14.7 Å². The summed E-state index contributed by atoms with van der Waals surface area (Å²) in [5.74, 6) is 0.0755. The highest BCUT2D eigenvalue weighted by atomic mass is 32.2. The van der Waals surface area contributed by atoms with E-state index >= 15 is 0 Å². The number of phenols is 1. The van der Waals surface area contributed by atoms with Crippen molar-refractivity contribution in [3.8, 4) is 5.75 Å². The molecule has 0 unspecified atom stereocenters. The molecule has 1 heterocycles. The second kappa shape index (κ2) is 3.92. The van der Waals surface area contributed by atoms with Crippen LogP contribution in [-0.4, -0.2) is 32.9 Å². The van der Waals surface area contributed by atoms with Crippen molar-refractivity contribution in [3.05, 3.63) is 35.4 Å². The Bertz CT molecular complexity index is 540. The Kier molecular flexibility index (Phi) is 2.73. The quantitative estimate of drug-likeness (QED) is 0.799. The van der Waals surface area contributed by atoms with E-state index in [1.165, 1.54) is 18.4 Å². The van der Waals surface area contributed by atoms with E-state index in [0.717, 1.165) is 5.57 Å². The van der Waals surface area contributed by atoms with E-state index in [1.54, 1.807) is 12.1 Å². The van der Waals surface area contributed by atoms with Crippen LogP contribution in [0.4, 0.5) is 0 Å². The van der Waals surface area contributed by atoms with Crippen LogP contribution in [0.3, 0.4) is 0 Å². The molecular weight excluding hydrogens is 226 g/mol. The molecule has 1 fully saturated rings. The summed E-state index contributed by atoms with van der Waals surface area (Å²) in [6.45, 7) is 1.19. The van der Waals surface area contributed by atoms with Crippen LogP contribution in [0.25, 0.3) is 4.91 Å². The number of sulfone groups is 1. The molecule has 0 aromatic heterocycles. The van der Waals surface area contributed by atoms with Gasteiger partial charge in [-0.25, -0.2) is 8.42 Å². The summed E-state index contributed by atoms with van der Waals surface area (Å²) in [6, 6.07) is 6.33. The maximum Gasteiger partial charge on any atom is 0.176 e. The molecule has 0 saturated carbocycles. The molecular formula is C11H13NO3S. The number of hydrogen-bond donors (Lipinski definition) is 2. The number of phenolic OH excluding ortho intramolecular Hbond substituents is 1. The zero-order chi connectivity index (χ0) is 11.8. The fraction of sp³-hybridized carbons (Fsp3) is 0.273. The summed E-state index contributed by atoms with van der Waals surface area (Å²) in [7, 11) is -3.27. The second-order valence-corrected chi connectivity index (χ2v) is 5.81. The van der Waals surface area contributed by atoms with E-state index in [1.807, 2.05) is 0 Å². The standard InChI is InChI=1S/C11H13NO3S/c1-16(14,15)11(9-6-12-7-9)8-3-2-4-10(13)5-8/h2-5,12-13H,6-7H2,1H3. The molecule has 5 heteroatoms. The van der Waals surface area contributed by atoms with Crippen LogP contribution in [0.15, 0.2) is 29.8 Å². The van der Waals surface area contributed by atoms with Crippen LogP contribution in [0, 0.1) is 0 Å². The summed E-state index contributed by atoms with van der Waals surface area (Å²) >= 11 is 0. The molecule has 2 N–H and O–H groups in total. The predicted molar refractivity (Wildman–Crippen MR) is 62.7 cm³/mol. The Morgan fingerprint density at radius 1 is 1.38 bits per heavy atom. The average molecular weight is 239 g/mol. The lowest BCUT2D eigenvalue weighted by Crippen LogP contribution is -2.35. The van der Waals surface area contributed by atoms with Crippen molar-refractivity contribution in [1.29, 1.82) is 0 Å². The molecule has 1 aliphatic heterocycles. The van der Waals surface area contributed by atoms with Gasteiger partial charge < -0.3 is 10.4 Å². The van der Waals surface area contributed by atoms with Gasteiger partial charge in [-0.3, -0.25) is 0 Å². The second-order valence-electron chi connectivity index (χ2n) is 3.86. The number of aromatic hydroxyl groups is 1. The Labute approximate surface area is 94.5 Å². The molecule has 86 valence electrons. The molecule has 0 radical (unpaired) electrons. The maximum absolute atomic E-state index is 11.7. The van der Waals surface area contributed by atoms with Gasteiger partial charge in [0.1, 0.15) is 5.75 Å². The van der Waals surface area contributed by atoms with Crippen molar-refractivity contribution in [2.24, 2.45) is 0 Å². The van der Waals surface area contributed by atoms with E-state index in [9.17, 15) is 13.5 Å². The van der Waals surface area contributed by atoms with Crippen molar-refractivity contribution in [3.63, 3.8) is 0 Å². The van der Waals surface area contributed by atoms with Crippen LogP contribution in [0.5, 0.6) is 5.75 Å². The minimum absolute atomic E-state index is 0.0755. The SMILES string of the molecule is CS(=O)(=O)C(=C1CNC1)c1cccc(O)c1. The molecule has 0 spiro atoms. The van der Waals surface area contributed by atoms with Gasteiger partial charge in [-0.2, -0.15) is 0 Å². The molecule has 0 atom stereocenters. The maximum atomic E-state index is 11.7. The van der Waals surface area contributed by atoms with Crippen LogP contribution in [0.2, 0.25) is 0 Å². The Hall–Kier alpha value is -1.33. The first kappa shape index (κ1) is 11.2. The minimum Gasteiger partial charge on any atom is -0.508 e. The first-order valence-electron chi connectivity index (χ1n) is 4.90. The van der Waals surface area contributed by atoms with Gasteiger partial charge in [0.25, 0.3) is 0 Å². The summed E-state index contributed by atoms with van der Waals surface area (Å²) in [5.41, 5.74) is 1.42. The van der Waals surface area contributed by atoms with Gasteiger partial charge in [0.05, 0.1) is 4.91 Å².